The highest BCUT2D eigenvalue weighted by atomic mass is 35.5. The molecule has 1 amide bonds. The molecule has 5 rings (SSSR count). The molecule has 37 heavy (non-hydrogen) atoms. The normalized spacial score (nSPS) is 10.9. The quantitative estimate of drug-likeness (QED) is 0.247. The van der Waals surface area contributed by atoms with E-state index >= 15 is 0 Å². The van der Waals surface area contributed by atoms with Gasteiger partial charge >= 0.3 is 0 Å². The van der Waals surface area contributed by atoms with Gasteiger partial charge in [0.15, 0.2) is 11.5 Å². The van der Waals surface area contributed by atoms with Gasteiger partial charge in [-0.05, 0) is 78.7 Å². The maximum absolute atomic E-state index is 13.0. The van der Waals surface area contributed by atoms with Gasteiger partial charge in [-0.3, -0.25) is 4.79 Å². The number of fused-ring (bicyclic) bond motifs is 1. The minimum absolute atomic E-state index is 0.292. The summed E-state index contributed by atoms with van der Waals surface area (Å²) in [6.07, 6.45) is 0. The zero-order valence-corrected chi connectivity index (χ0v) is 21.5. The van der Waals surface area contributed by atoms with Gasteiger partial charge in [0.05, 0.1) is 12.8 Å². The number of aromatic nitrogens is 3. The minimum Gasteiger partial charge on any atom is -0.493 e. The molecule has 0 spiro atoms. The van der Waals surface area contributed by atoms with Crippen LogP contribution in [0.1, 0.15) is 21.5 Å². The zero-order chi connectivity index (χ0) is 25.9. The molecule has 7 nitrogen and oxygen atoms in total. The molecule has 5 aromatic rings. The first kappa shape index (κ1) is 24.6. The van der Waals surface area contributed by atoms with Crippen molar-refractivity contribution in [2.45, 2.75) is 13.5 Å². The summed E-state index contributed by atoms with van der Waals surface area (Å²) in [5.41, 5.74) is 5.04. The van der Waals surface area contributed by atoms with Gasteiger partial charge in [0, 0.05) is 21.3 Å². The number of carbonyl (C=O) groups excluding carboxylic acids is 1. The number of nitrogens with one attached hydrogen (secondary N) is 1. The van der Waals surface area contributed by atoms with E-state index in [2.05, 4.69) is 15.5 Å². The number of hydrogen-bond acceptors (Lipinski definition) is 5. The Balaban J connectivity index is 1.30. The van der Waals surface area contributed by atoms with Crippen LogP contribution in [0.15, 0.2) is 78.9 Å². The Hall–Kier alpha value is -4.07. The number of amides is 1. The van der Waals surface area contributed by atoms with Crippen LogP contribution < -0.4 is 14.8 Å². The standard InChI is InChI=1S/C28H22Cl2N4O3/c1-17-3-10-22(15-23(17)30)34-32-24-11-9-21(14-25(24)33-34)31-28(35)19-6-12-26(27(13-19)36-2)37-16-18-4-7-20(29)8-5-18/h3-15H,16H2,1-2H3,(H,31,35). The van der Waals surface area contributed by atoms with E-state index in [1.807, 2.05) is 37.3 Å². The van der Waals surface area contributed by atoms with Gasteiger partial charge in [-0.25, -0.2) is 0 Å². The number of anilines is 1. The zero-order valence-electron chi connectivity index (χ0n) is 20.0. The molecule has 0 aliphatic heterocycles. The number of halogens is 2. The SMILES string of the molecule is COc1cc(C(=O)Nc2ccc3nn(-c4ccc(C)c(Cl)c4)nc3c2)ccc1OCc1ccc(Cl)cc1. The molecule has 0 atom stereocenters. The highest BCUT2D eigenvalue weighted by Gasteiger charge is 2.13. The Kier molecular flexibility index (Phi) is 6.99. The summed E-state index contributed by atoms with van der Waals surface area (Å²) in [5.74, 6) is 0.694. The van der Waals surface area contributed by atoms with Crippen LogP contribution >= 0.6 is 23.2 Å². The van der Waals surface area contributed by atoms with Crippen molar-refractivity contribution in [3.63, 3.8) is 0 Å². The van der Waals surface area contributed by atoms with Crippen molar-refractivity contribution in [2.24, 2.45) is 0 Å². The lowest BCUT2D eigenvalue weighted by molar-refractivity contribution is 0.102. The predicted octanol–water partition coefficient (Wildman–Crippen LogP) is 6.88. The summed E-state index contributed by atoms with van der Waals surface area (Å²) in [5, 5.41) is 13.3. The molecule has 0 fully saturated rings. The number of carbonyl (C=O) groups is 1. The number of ether oxygens (including phenoxy) is 2. The number of aryl methyl sites for hydroxylation is 1. The summed E-state index contributed by atoms with van der Waals surface area (Å²) < 4.78 is 11.3. The molecule has 0 aliphatic carbocycles. The molecule has 1 N–H and O–H groups in total. The van der Waals surface area contributed by atoms with Crippen LogP contribution in [0, 0.1) is 6.92 Å². The topological polar surface area (TPSA) is 78.3 Å². The Bertz CT molecular complexity index is 1600. The molecule has 186 valence electrons. The number of hydrogen-bond donors (Lipinski definition) is 1. The third-order valence-corrected chi connectivity index (χ3v) is 6.42. The van der Waals surface area contributed by atoms with Crippen molar-refractivity contribution in [3.05, 3.63) is 106 Å². The molecule has 0 aliphatic rings. The molecule has 9 heteroatoms. The fraction of sp³-hybridized carbons (Fsp3) is 0.107. The van der Waals surface area contributed by atoms with Crippen LogP contribution in [0.3, 0.4) is 0 Å². The van der Waals surface area contributed by atoms with E-state index in [0.717, 1.165) is 16.8 Å². The monoisotopic (exact) mass is 532 g/mol. The summed E-state index contributed by atoms with van der Waals surface area (Å²) in [4.78, 5) is 14.5. The average Bonchev–Trinajstić information content (AvgIpc) is 3.33. The third-order valence-electron chi connectivity index (χ3n) is 5.76. The minimum atomic E-state index is -0.292. The second-order valence-electron chi connectivity index (χ2n) is 8.36. The fourth-order valence-electron chi connectivity index (χ4n) is 3.69. The lowest BCUT2D eigenvalue weighted by Gasteiger charge is -2.12. The molecule has 0 radical (unpaired) electrons. The van der Waals surface area contributed by atoms with Crippen molar-refractivity contribution in [1.29, 1.82) is 0 Å². The average molecular weight is 533 g/mol. The molecule has 1 aromatic heterocycles. The summed E-state index contributed by atoms with van der Waals surface area (Å²) in [6.45, 7) is 2.28. The van der Waals surface area contributed by atoms with Crippen molar-refractivity contribution < 1.29 is 14.3 Å². The highest BCUT2D eigenvalue weighted by Crippen LogP contribution is 2.30. The third kappa shape index (κ3) is 5.53. The summed E-state index contributed by atoms with van der Waals surface area (Å²) in [6, 6.07) is 23.4. The Morgan fingerprint density at radius 3 is 2.43 bits per heavy atom. The van der Waals surface area contributed by atoms with Crippen LogP contribution in [-0.4, -0.2) is 28.0 Å². The number of rotatable bonds is 7. The van der Waals surface area contributed by atoms with Gasteiger partial charge in [0.2, 0.25) is 0 Å². The maximum atomic E-state index is 13.0. The van der Waals surface area contributed by atoms with Crippen LogP contribution in [0.2, 0.25) is 10.0 Å². The van der Waals surface area contributed by atoms with E-state index in [4.69, 9.17) is 32.7 Å². The largest absolute Gasteiger partial charge is 0.493 e. The van der Waals surface area contributed by atoms with Crippen LogP contribution in [-0.2, 0) is 6.61 Å². The number of benzene rings is 4. The van der Waals surface area contributed by atoms with Crippen LogP contribution in [0.5, 0.6) is 11.5 Å². The molecule has 0 unspecified atom stereocenters. The molecule has 1 heterocycles. The lowest BCUT2D eigenvalue weighted by Crippen LogP contribution is -2.12. The second kappa shape index (κ2) is 10.5. The summed E-state index contributed by atoms with van der Waals surface area (Å²) >= 11 is 12.2. The van der Waals surface area contributed by atoms with Gasteiger partial charge in [0.1, 0.15) is 17.6 Å². The van der Waals surface area contributed by atoms with Crippen LogP contribution in [0.4, 0.5) is 5.69 Å². The second-order valence-corrected chi connectivity index (χ2v) is 9.20. The highest BCUT2D eigenvalue weighted by molar-refractivity contribution is 6.31. The molecule has 0 saturated heterocycles. The van der Waals surface area contributed by atoms with E-state index < -0.39 is 0 Å². The molecule has 0 bridgehead atoms. The first-order valence-electron chi connectivity index (χ1n) is 11.4. The molecule has 4 aromatic carbocycles. The van der Waals surface area contributed by atoms with E-state index in [9.17, 15) is 4.79 Å². The van der Waals surface area contributed by atoms with E-state index in [1.54, 1.807) is 48.5 Å². The Labute approximate surface area is 223 Å². The summed E-state index contributed by atoms with van der Waals surface area (Å²) in [7, 11) is 1.53. The smallest absolute Gasteiger partial charge is 0.255 e. The fourth-order valence-corrected chi connectivity index (χ4v) is 3.99. The number of methoxy groups -OCH3 is 1. The predicted molar refractivity (Wildman–Crippen MR) is 145 cm³/mol. The van der Waals surface area contributed by atoms with Gasteiger partial charge in [0.25, 0.3) is 5.91 Å². The maximum Gasteiger partial charge on any atom is 0.255 e. The van der Waals surface area contributed by atoms with Gasteiger partial charge in [-0.2, -0.15) is 4.80 Å². The number of nitrogens with zero attached hydrogens (tertiary/aromatic N) is 3. The van der Waals surface area contributed by atoms with Gasteiger partial charge < -0.3 is 14.8 Å². The first-order valence-corrected chi connectivity index (χ1v) is 12.2. The molecular weight excluding hydrogens is 511 g/mol. The molecular formula is C28H22Cl2N4O3. The van der Waals surface area contributed by atoms with Crippen molar-refractivity contribution in [2.75, 3.05) is 12.4 Å². The Morgan fingerprint density at radius 2 is 1.68 bits per heavy atom. The lowest BCUT2D eigenvalue weighted by atomic mass is 10.1. The first-order chi connectivity index (χ1) is 17.9. The van der Waals surface area contributed by atoms with E-state index in [-0.39, 0.29) is 5.91 Å². The van der Waals surface area contributed by atoms with Crippen molar-refractivity contribution in [1.82, 2.24) is 15.0 Å². The van der Waals surface area contributed by atoms with Crippen molar-refractivity contribution in [3.8, 4) is 17.2 Å². The molecule has 0 saturated carbocycles. The van der Waals surface area contributed by atoms with Crippen LogP contribution in [0.25, 0.3) is 16.7 Å². The Morgan fingerprint density at radius 1 is 0.892 bits per heavy atom. The van der Waals surface area contributed by atoms with E-state index in [1.165, 1.54) is 11.9 Å². The van der Waals surface area contributed by atoms with E-state index in [0.29, 0.717) is 50.4 Å². The van der Waals surface area contributed by atoms with Crippen molar-refractivity contribution >= 4 is 45.8 Å². The van der Waals surface area contributed by atoms with Gasteiger partial charge in [-0.15, -0.1) is 10.2 Å². The van der Waals surface area contributed by atoms with Gasteiger partial charge in [-0.1, -0.05) is 41.4 Å².